The Labute approximate surface area is 67.9 Å². The largest absolute Gasteiger partial charge is 0.0984 e. The molecule has 0 saturated carbocycles. The molecular formula is C11H12. The Morgan fingerprint density at radius 2 is 1.45 bits per heavy atom. The summed E-state index contributed by atoms with van der Waals surface area (Å²) in [7, 11) is 0. The topological polar surface area (TPSA) is 0 Å². The Balaban J connectivity index is 3.08. The summed E-state index contributed by atoms with van der Waals surface area (Å²) < 4.78 is 0. The highest BCUT2D eigenvalue weighted by atomic mass is 14.0. The molecule has 1 aliphatic rings. The van der Waals surface area contributed by atoms with Gasteiger partial charge in [-0.2, -0.15) is 0 Å². The summed E-state index contributed by atoms with van der Waals surface area (Å²) in [5.41, 5.74) is 2.29. The lowest BCUT2D eigenvalue weighted by Crippen LogP contribution is -1.76. The summed E-state index contributed by atoms with van der Waals surface area (Å²) in [5, 5.41) is 0. The zero-order chi connectivity index (χ0) is 8.10. The molecule has 56 valence electrons. The first-order valence-corrected chi connectivity index (χ1v) is 3.70. The fourth-order valence-corrected chi connectivity index (χ4v) is 1.03. The highest BCUT2D eigenvalue weighted by molar-refractivity contribution is 5.46. The molecule has 1 rings (SSSR count). The molecule has 0 radical (unpaired) electrons. The van der Waals surface area contributed by atoms with Gasteiger partial charge in [0.15, 0.2) is 0 Å². The minimum absolute atomic E-state index is 0.995. The average Bonchev–Trinajstić information content (AvgIpc) is 2.27. The molecule has 0 amide bonds. The quantitative estimate of drug-likeness (QED) is 0.558. The average molecular weight is 144 g/mol. The van der Waals surface area contributed by atoms with Crippen LogP contribution in [0.2, 0.25) is 0 Å². The smallest absolute Gasteiger partial charge is 0.0162 e. The highest BCUT2D eigenvalue weighted by Crippen LogP contribution is 2.14. The molecule has 0 atom stereocenters. The van der Waals surface area contributed by atoms with Crippen molar-refractivity contribution in [2.75, 3.05) is 0 Å². The van der Waals surface area contributed by atoms with Gasteiger partial charge in [-0.15, -0.1) is 0 Å². The summed E-state index contributed by atoms with van der Waals surface area (Å²) in [5.74, 6) is 0. The van der Waals surface area contributed by atoms with Crippen molar-refractivity contribution in [1.29, 1.82) is 0 Å². The molecule has 0 spiro atoms. The van der Waals surface area contributed by atoms with Crippen LogP contribution < -0.4 is 0 Å². The molecule has 0 saturated heterocycles. The molecule has 0 aromatic rings. The van der Waals surface area contributed by atoms with Crippen LogP contribution in [0.4, 0.5) is 0 Å². The van der Waals surface area contributed by atoms with Gasteiger partial charge in [0.1, 0.15) is 0 Å². The molecule has 0 heteroatoms. The van der Waals surface area contributed by atoms with Gasteiger partial charge in [-0.05, 0) is 17.6 Å². The van der Waals surface area contributed by atoms with Crippen LogP contribution in [-0.4, -0.2) is 0 Å². The molecule has 0 bridgehead atoms. The number of allylic oxidation sites excluding steroid dienone is 8. The summed E-state index contributed by atoms with van der Waals surface area (Å²) in [4.78, 5) is 0. The van der Waals surface area contributed by atoms with E-state index in [1.165, 1.54) is 0 Å². The Hall–Kier alpha value is -1.30. The Morgan fingerprint density at radius 3 is 1.82 bits per heavy atom. The third-order valence-electron chi connectivity index (χ3n) is 1.64. The molecule has 0 aromatic heterocycles. The summed E-state index contributed by atoms with van der Waals surface area (Å²) in [6, 6.07) is 0. The van der Waals surface area contributed by atoms with Crippen molar-refractivity contribution in [2.45, 2.75) is 6.42 Å². The van der Waals surface area contributed by atoms with E-state index >= 15 is 0 Å². The third-order valence-corrected chi connectivity index (χ3v) is 1.64. The normalized spacial score (nSPS) is 16.4. The van der Waals surface area contributed by atoms with Crippen molar-refractivity contribution < 1.29 is 0 Å². The second-order valence-electron chi connectivity index (χ2n) is 2.36. The van der Waals surface area contributed by atoms with E-state index in [1.807, 2.05) is 12.2 Å². The van der Waals surface area contributed by atoms with Crippen LogP contribution in [0, 0.1) is 0 Å². The predicted molar refractivity (Wildman–Crippen MR) is 50.3 cm³/mol. The fraction of sp³-hybridized carbons (Fsp3) is 0.0909. The maximum absolute atomic E-state index is 3.73. The van der Waals surface area contributed by atoms with E-state index in [0.717, 1.165) is 17.6 Å². The second kappa shape index (κ2) is 3.77. The maximum atomic E-state index is 3.73. The standard InChI is InChI=1S/C11H12/c1-3-10-8-6-5-7-9-11(10)4-2/h3-4,6-9H,1-2,5H2. The molecule has 0 heterocycles. The Kier molecular flexibility index (Phi) is 2.67. The maximum Gasteiger partial charge on any atom is -0.0162 e. The Bertz CT molecular complexity index is 223. The molecule has 0 unspecified atom stereocenters. The van der Waals surface area contributed by atoms with Gasteiger partial charge in [-0.25, -0.2) is 0 Å². The van der Waals surface area contributed by atoms with Crippen molar-refractivity contribution in [3.8, 4) is 0 Å². The van der Waals surface area contributed by atoms with E-state index < -0.39 is 0 Å². The molecular weight excluding hydrogens is 132 g/mol. The van der Waals surface area contributed by atoms with Crippen LogP contribution in [0.3, 0.4) is 0 Å². The van der Waals surface area contributed by atoms with Gasteiger partial charge >= 0.3 is 0 Å². The summed E-state index contributed by atoms with van der Waals surface area (Å²) in [6.07, 6.45) is 13.1. The van der Waals surface area contributed by atoms with Crippen LogP contribution in [0.15, 0.2) is 60.8 Å². The van der Waals surface area contributed by atoms with E-state index in [4.69, 9.17) is 0 Å². The summed E-state index contributed by atoms with van der Waals surface area (Å²) in [6.45, 7) is 7.47. The molecule has 0 fully saturated rings. The first-order valence-electron chi connectivity index (χ1n) is 3.70. The van der Waals surface area contributed by atoms with E-state index in [1.54, 1.807) is 0 Å². The SMILES string of the molecule is C=CC1=C(C=C)C=CCC=C1. The van der Waals surface area contributed by atoms with Crippen LogP contribution in [0.1, 0.15) is 6.42 Å². The lowest BCUT2D eigenvalue weighted by molar-refractivity contribution is 1.40. The second-order valence-corrected chi connectivity index (χ2v) is 2.36. The number of rotatable bonds is 2. The van der Waals surface area contributed by atoms with Crippen molar-refractivity contribution >= 4 is 0 Å². The van der Waals surface area contributed by atoms with Gasteiger partial charge in [-0.1, -0.05) is 49.6 Å². The van der Waals surface area contributed by atoms with E-state index in [0.29, 0.717) is 0 Å². The fourth-order valence-electron chi connectivity index (χ4n) is 1.03. The van der Waals surface area contributed by atoms with E-state index in [-0.39, 0.29) is 0 Å². The predicted octanol–water partition coefficient (Wildman–Crippen LogP) is 3.17. The van der Waals surface area contributed by atoms with Crippen molar-refractivity contribution in [3.63, 3.8) is 0 Å². The monoisotopic (exact) mass is 144 g/mol. The molecule has 0 aliphatic heterocycles. The molecule has 0 nitrogen and oxygen atoms in total. The number of hydrogen-bond acceptors (Lipinski definition) is 0. The first kappa shape index (κ1) is 7.80. The van der Waals surface area contributed by atoms with Crippen LogP contribution in [-0.2, 0) is 0 Å². The van der Waals surface area contributed by atoms with E-state index in [2.05, 4.69) is 37.5 Å². The minimum Gasteiger partial charge on any atom is -0.0984 e. The van der Waals surface area contributed by atoms with Gasteiger partial charge in [0, 0.05) is 0 Å². The first-order chi connectivity index (χ1) is 5.38. The zero-order valence-electron chi connectivity index (χ0n) is 6.59. The van der Waals surface area contributed by atoms with Gasteiger partial charge < -0.3 is 0 Å². The van der Waals surface area contributed by atoms with Gasteiger partial charge in [-0.3, -0.25) is 0 Å². The third kappa shape index (κ3) is 1.81. The molecule has 0 aromatic carbocycles. The lowest BCUT2D eigenvalue weighted by atomic mass is 10.1. The minimum atomic E-state index is 0.995. The van der Waals surface area contributed by atoms with Crippen molar-refractivity contribution in [3.05, 3.63) is 60.8 Å². The van der Waals surface area contributed by atoms with Gasteiger partial charge in [0.25, 0.3) is 0 Å². The van der Waals surface area contributed by atoms with Crippen LogP contribution in [0.25, 0.3) is 0 Å². The van der Waals surface area contributed by atoms with Crippen LogP contribution >= 0.6 is 0 Å². The molecule has 1 aliphatic carbocycles. The summed E-state index contributed by atoms with van der Waals surface area (Å²) >= 11 is 0. The lowest BCUT2D eigenvalue weighted by Gasteiger charge is -1.95. The van der Waals surface area contributed by atoms with E-state index in [9.17, 15) is 0 Å². The number of hydrogen-bond donors (Lipinski definition) is 0. The van der Waals surface area contributed by atoms with Gasteiger partial charge in [0.2, 0.25) is 0 Å². The van der Waals surface area contributed by atoms with Crippen molar-refractivity contribution in [1.82, 2.24) is 0 Å². The van der Waals surface area contributed by atoms with Gasteiger partial charge in [0.05, 0.1) is 0 Å². The molecule has 0 N–H and O–H groups in total. The van der Waals surface area contributed by atoms with Crippen molar-refractivity contribution in [2.24, 2.45) is 0 Å². The highest BCUT2D eigenvalue weighted by Gasteiger charge is 1.94. The molecule has 11 heavy (non-hydrogen) atoms. The zero-order valence-corrected chi connectivity index (χ0v) is 6.59. The Morgan fingerprint density at radius 1 is 1.00 bits per heavy atom. The van der Waals surface area contributed by atoms with Crippen LogP contribution in [0.5, 0.6) is 0 Å².